The zero-order chi connectivity index (χ0) is 8.39. The standard InChI is InChI=1S/C10H12N2/c1-12-10(7-8-11-12)9-5-3-2-4-6-9/h2-7,11H,8H2,1H3. The summed E-state index contributed by atoms with van der Waals surface area (Å²) in [6.45, 7) is 0.931. The van der Waals surface area contributed by atoms with E-state index in [4.69, 9.17) is 0 Å². The Balaban J connectivity index is 2.31. The molecule has 12 heavy (non-hydrogen) atoms. The van der Waals surface area contributed by atoms with Crippen molar-refractivity contribution in [3.05, 3.63) is 42.0 Å². The van der Waals surface area contributed by atoms with Crippen LogP contribution in [0.2, 0.25) is 0 Å². The van der Waals surface area contributed by atoms with E-state index in [9.17, 15) is 0 Å². The van der Waals surface area contributed by atoms with Crippen molar-refractivity contribution in [2.45, 2.75) is 0 Å². The number of nitrogens with one attached hydrogen (secondary N) is 1. The molecule has 1 aromatic rings. The number of hydrazine groups is 1. The molecule has 1 N–H and O–H groups in total. The van der Waals surface area contributed by atoms with E-state index in [0.717, 1.165) is 6.54 Å². The first-order valence-electron chi connectivity index (χ1n) is 4.11. The summed E-state index contributed by atoms with van der Waals surface area (Å²) >= 11 is 0. The van der Waals surface area contributed by atoms with Crippen LogP contribution in [0.25, 0.3) is 5.70 Å². The van der Waals surface area contributed by atoms with Gasteiger partial charge in [-0.3, -0.25) is 0 Å². The van der Waals surface area contributed by atoms with Crippen molar-refractivity contribution in [1.82, 2.24) is 10.4 Å². The van der Waals surface area contributed by atoms with Gasteiger partial charge in [0.25, 0.3) is 0 Å². The van der Waals surface area contributed by atoms with Crippen LogP contribution in [-0.4, -0.2) is 18.6 Å². The highest BCUT2D eigenvalue weighted by atomic mass is 15.5. The SMILES string of the molecule is CN1NCC=C1c1ccccc1. The average molecular weight is 160 g/mol. The van der Waals surface area contributed by atoms with E-state index in [1.54, 1.807) is 0 Å². The highest BCUT2D eigenvalue weighted by Crippen LogP contribution is 2.18. The smallest absolute Gasteiger partial charge is 0.0562 e. The van der Waals surface area contributed by atoms with E-state index in [1.165, 1.54) is 11.3 Å². The summed E-state index contributed by atoms with van der Waals surface area (Å²) in [5.74, 6) is 0. The van der Waals surface area contributed by atoms with Gasteiger partial charge in [0.2, 0.25) is 0 Å². The molecule has 1 aromatic carbocycles. The Morgan fingerprint density at radius 1 is 1.25 bits per heavy atom. The topological polar surface area (TPSA) is 15.3 Å². The third-order valence-electron chi connectivity index (χ3n) is 2.05. The van der Waals surface area contributed by atoms with Gasteiger partial charge in [0.05, 0.1) is 5.70 Å². The lowest BCUT2D eigenvalue weighted by Gasteiger charge is -2.15. The second kappa shape index (κ2) is 2.99. The van der Waals surface area contributed by atoms with Gasteiger partial charge in [0.1, 0.15) is 0 Å². The molecule has 0 aliphatic carbocycles. The fourth-order valence-corrected chi connectivity index (χ4v) is 1.42. The maximum absolute atomic E-state index is 3.21. The van der Waals surface area contributed by atoms with Crippen LogP contribution in [0.15, 0.2) is 36.4 Å². The van der Waals surface area contributed by atoms with Crippen molar-refractivity contribution >= 4 is 5.70 Å². The predicted octanol–water partition coefficient (Wildman–Crippen LogP) is 1.48. The van der Waals surface area contributed by atoms with Gasteiger partial charge >= 0.3 is 0 Å². The molecule has 2 heteroatoms. The maximum atomic E-state index is 3.21. The minimum absolute atomic E-state index is 0.931. The molecule has 0 aromatic heterocycles. The molecule has 0 amide bonds. The van der Waals surface area contributed by atoms with Crippen molar-refractivity contribution in [3.63, 3.8) is 0 Å². The van der Waals surface area contributed by atoms with Gasteiger partial charge in [-0.15, -0.1) is 0 Å². The predicted molar refractivity (Wildman–Crippen MR) is 50.2 cm³/mol. The lowest BCUT2D eigenvalue weighted by Crippen LogP contribution is -2.26. The number of benzene rings is 1. The van der Waals surface area contributed by atoms with Crippen LogP contribution in [-0.2, 0) is 0 Å². The highest BCUT2D eigenvalue weighted by molar-refractivity contribution is 5.64. The fraction of sp³-hybridized carbons (Fsp3) is 0.200. The van der Waals surface area contributed by atoms with E-state index in [2.05, 4.69) is 40.8 Å². The lowest BCUT2D eigenvalue weighted by atomic mass is 10.1. The molecule has 62 valence electrons. The van der Waals surface area contributed by atoms with Crippen molar-refractivity contribution in [2.75, 3.05) is 13.6 Å². The third kappa shape index (κ3) is 1.21. The number of hydrogen-bond donors (Lipinski definition) is 1. The first-order valence-corrected chi connectivity index (χ1v) is 4.11. The highest BCUT2D eigenvalue weighted by Gasteiger charge is 2.10. The molecule has 0 saturated heterocycles. The molecule has 2 nitrogen and oxygen atoms in total. The minimum atomic E-state index is 0.931. The molecular formula is C10H12N2. The zero-order valence-electron chi connectivity index (χ0n) is 7.12. The van der Waals surface area contributed by atoms with Crippen molar-refractivity contribution in [1.29, 1.82) is 0 Å². The van der Waals surface area contributed by atoms with Crippen molar-refractivity contribution < 1.29 is 0 Å². The van der Waals surface area contributed by atoms with Gasteiger partial charge < -0.3 is 5.01 Å². The third-order valence-corrected chi connectivity index (χ3v) is 2.05. The summed E-state index contributed by atoms with van der Waals surface area (Å²) in [5, 5.41) is 2.05. The molecule has 0 radical (unpaired) electrons. The first-order chi connectivity index (χ1) is 5.88. The lowest BCUT2D eigenvalue weighted by molar-refractivity contribution is 0.392. The molecule has 2 rings (SSSR count). The minimum Gasteiger partial charge on any atom is -0.311 e. The van der Waals surface area contributed by atoms with Gasteiger partial charge in [-0.25, -0.2) is 5.43 Å². The molecular weight excluding hydrogens is 148 g/mol. The maximum Gasteiger partial charge on any atom is 0.0562 e. The monoisotopic (exact) mass is 160 g/mol. The average Bonchev–Trinajstić information content (AvgIpc) is 2.53. The molecule has 0 saturated carbocycles. The van der Waals surface area contributed by atoms with Gasteiger partial charge in [0.15, 0.2) is 0 Å². The summed E-state index contributed by atoms with van der Waals surface area (Å²) in [7, 11) is 2.03. The zero-order valence-corrected chi connectivity index (χ0v) is 7.12. The molecule has 0 atom stereocenters. The summed E-state index contributed by atoms with van der Waals surface area (Å²) in [4.78, 5) is 0. The number of hydrogen-bond acceptors (Lipinski definition) is 2. The van der Waals surface area contributed by atoms with Crippen LogP contribution in [0.1, 0.15) is 5.56 Å². The molecule has 0 bridgehead atoms. The van der Waals surface area contributed by atoms with Crippen LogP contribution < -0.4 is 5.43 Å². The van der Waals surface area contributed by atoms with Crippen molar-refractivity contribution in [2.24, 2.45) is 0 Å². The molecule has 1 aliphatic heterocycles. The fourth-order valence-electron chi connectivity index (χ4n) is 1.42. The number of nitrogens with zero attached hydrogens (tertiary/aromatic N) is 1. The Kier molecular flexibility index (Phi) is 1.84. The summed E-state index contributed by atoms with van der Waals surface area (Å²) in [6, 6.07) is 10.4. The second-order valence-corrected chi connectivity index (χ2v) is 2.88. The van der Waals surface area contributed by atoms with Crippen LogP contribution in [0.3, 0.4) is 0 Å². The molecule has 1 aliphatic rings. The van der Waals surface area contributed by atoms with Crippen LogP contribution >= 0.6 is 0 Å². The van der Waals surface area contributed by atoms with Crippen LogP contribution in [0.4, 0.5) is 0 Å². The van der Waals surface area contributed by atoms with Gasteiger partial charge in [-0.2, -0.15) is 0 Å². The summed E-state index contributed by atoms with van der Waals surface area (Å²) in [6.07, 6.45) is 2.19. The molecule has 1 heterocycles. The number of rotatable bonds is 1. The Morgan fingerprint density at radius 2 is 2.00 bits per heavy atom. The Labute approximate surface area is 72.5 Å². The molecule has 0 spiro atoms. The van der Waals surface area contributed by atoms with E-state index in [1.807, 2.05) is 13.1 Å². The van der Waals surface area contributed by atoms with Crippen LogP contribution in [0.5, 0.6) is 0 Å². The van der Waals surface area contributed by atoms with Gasteiger partial charge in [-0.1, -0.05) is 30.3 Å². The van der Waals surface area contributed by atoms with E-state index in [-0.39, 0.29) is 0 Å². The van der Waals surface area contributed by atoms with E-state index in [0.29, 0.717) is 0 Å². The quantitative estimate of drug-likeness (QED) is 0.669. The Bertz CT molecular complexity index is 290. The van der Waals surface area contributed by atoms with E-state index >= 15 is 0 Å². The summed E-state index contributed by atoms with van der Waals surface area (Å²) < 4.78 is 0. The Morgan fingerprint density at radius 3 is 2.58 bits per heavy atom. The van der Waals surface area contributed by atoms with Crippen LogP contribution in [0, 0.1) is 0 Å². The van der Waals surface area contributed by atoms with E-state index < -0.39 is 0 Å². The van der Waals surface area contributed by atoms with Gasteiger partial charge in [0, 0.05) is 13.6 Å². The molecule has 0 unspecified atom stereocenters. The Hall–Kier alpha value is -1.28. The van der Waals surface area contributed by atoms with Gasteiger partial charge in [-0.05, 0) is 11.6 Å². The second-order valence-electron chi connectivity index (χ2n) is 2.88. The normalized spacial score (nSPS) is 16.4. The van der Waals surface area contributed by atoms with Crippen molar-refractivity contribution in [3.8, 4) is 0 Å². The molecule has 0 fully saturated rings. The first kappa shape index (κ1) is 7.37. The largest absolute Gasteiger partial charge is 0.311 e. The summed E-state index contributed by atoms with van der Waals surface area (Å²) in [5.41, 5.74) is 5.74.